The van der Waals surface area contributed by atoms with Gasteiger partial charge in [0.05, 0.1) is 18.8 Å². The van der Waals surface area contributed by atoms with Crippen LogP contribution in [0.3, 0.4) is 0 Å². The molecule has 0 saturated heterocycles. The largest absolute Gasteiger partial charge is 0.513 e. The Bertz CT molecular complexity index is 1070. The monoisotopic (exact) mass is 503 g/mol. The summed E-state index contributed by atoms with van der Waals surface area (Å²) in [4.78, 5) is 48.0. The van der Waals surface area contributed by atoms with Crippen molar-refractivity contribution in [3.05, 3.63) is 59.7 Å². The molecule has 1 unspecified atom stereocenters. The van der Waals surface area contributed by atoms with E-state index in [-0.39, 0.29) is 37.6 Å². The number of carbonyl (C=O) groups excluding carboxylic acids is 3. The van der Waals surface area contributed by atoms with Crippen LogP contribution in [-0.2, 0) is 25.4 Å². The number of ether oxygens (including phenoxy) is 5. The lowest BCUT2D eigenvalue weighted by Gasteiger charge is -2.28. The summed E-state index contributed by atoms with van der Waals surface area (Å²) in [5.41, 5.74) is 5.03. The Balaban J connectivity index is 2.23. The first-order chi connectivity index (χ1) is 17.1. The van der Waals surface area contributed by atoms with E-state index < -0.39 is 35.9 Å². The van der Waals surface area contributed by atoms with Gasteiger partial charge in [0.15, 0.2) is 11.5 Å². The molecule has 0 amide bonds. The average Bonchev–Trinajstić information content (AvgIpc) is 2.81. The molecule has 3 N–H and O–H groups in total. The lowest BCUT2D eigenvalue weighted by Crippen LogP contribution is -2.52. The van der Waals surface area contributed by atoms with Gasteiger partial charge in [0.25, 0.3) is 0 Å². The van der Waals surface area contributed by atoms with Crippen molar-refractivity contribution in [3.8, 4) is 11.5 Å². The fraction of sp³-hybridized carbons (Fsp3) is 0.360. The van der Waals surface area contributed by atoms with Crippen LogP contribution in [0.5, 0.6) is 11.5 Å². The number of hydrogen-bond donors (Lipinski definition) is 2. The SMILES string of the molecule is CCOC(=O)Oc1ccc(CC(N)(C[C@H](C)OC(=O)c2ccccc2)C(=O)O)cc1OC(=O)OCC. The Morgan fingerprint density at radius 3 is 2.06 bits per heavy atom. The maximum absolute atomic E-state index is 12.3. The zero-order valence-electron chi connectivity index (χ0n) is 20.2. The van der Waals surface area contributed by atoms with E-state index in [1.165, 1.54) is 25.1 Å². The molecule has 0 radical (unpaired) electrons. The van der Waals surface area contributed by atoms with Gasteiger partial charge in [-0.25, -0.2) is 14.4 Å². The molecule has 2 aromatic rings. The molecule has 0 aliphatic rings. The number of benzene rings is 2. The van der Waals surface area contributed by atoms with Gasteiger partial charge in [0, 0.05) is 12.8 Å². The van der Waals surface area contributed by atoms with Gasteiger partial charge in [0.2, 0.25) is 0 Å². The summed E-state index contributed by atoms with van der Waals surface area (Å²) >= 11 is 0. The van der Waals surface area contributed by atoms with Crippen LogP contribution in [0, 0.1) is 0 Å². The van der Waals surface area contributed by atoms with Gasteiger partial charge in [-0.3, -0.25) is 4.79 Å². The van der Waals surface area contributed by atoms with Crippen LogP contribution in [0.15, 0.2) is 48.5 Å². The standard InChI is InChI=1S/C25H29NO10/c1-4-32-23(30)35-19-12-11-17(13-20(19)36-24(31)33-5-2)15-25(26,22(28)29)14-16(3)34-21(27)18-9-7-6-8-10-18/h6-13,16H,4-5,14-15,26H2,1-3H3,(H,28,29)/t16-,25?/m0/s1. The molecule has 2 aromatic carbocycles. The number of hydrogen-bond acceptors (Lipinski definition) is 10. The Labute approximate surface area is 208 Å². The van der Waals surface area contributed by atoms with Crippen LogP contribution in [0.1, 0.15) is 43.1 Å². The van der Waals surface area contributed by atoms with Gasteiger partial charge < -0.3 is 34.5 Å². The highest BCUT2D eigenvalue weighted by Crippen LogP contribution is 2.31. The molecule has 0 heterocycles. The molecular weight excluding hydrogens is 474 g/mol. The second-order valence-electron chi connectivity index (χ2n) is 7.78. The molecule has 0 aliphatic carbocycles. The van der Waals surface area contributed by atoms with E-state index >= 15 is 0 Å². The van der Waals surface area contributed by atoms with Crippen LogP contribution in [-0.4, -0.2) is 54.2 Å². The third-order valence-corrected chi connectivity index (χ3v) is 4.83. The first-order valence-corrected chi connectivity index (χ1v) is 11.2. The van der Waals surface area contributed by atoms with Crippen molar-refractivity contribution >= 4 is 24.2 Å². The number of rotatable bonds is 11. The summed E-state index contributed by atoms with van der Waals surface area (Å²) in [6.45, 7) is 4.81. The number of esters is 1. The quantitative estimate of drug-likeness (QED) is 0.261. The molecular formula is C25H29NO10. The fourth-order valence-electron chi connectivity index (χ4n) is 3.28. The topological polar surface area (TPSA) is 161 Å². The summed E-state index contributed by atoms with van der Waals surface area (Å²) in [6, 6.07) is 12.3. The molecule has 0 aliphatic heterocycles. The van der Waals surface area contributed by atoms with E-state index in [1.54, 1.807) is 44.2 Å². The van der Waals surface area contributed by atoms with Crippen molar-refractivity contribution < 1.29 is 48.0 Å². The lowest BCUT2D eigenvalue weighted by atomic mass is 9.86. The van der Waals surface area contributed by atoms with E-state index in [2.05, 4.69) is 0 Å². The van der Waals surface area contributed by atoms with Crippen molar-refractivity contribution in [2.24, 2.45) is 5.73 Å². The minimum Gasteiger partial charge on any atom is -0.480 e. The molecule has 0 bridgehead atoms. The maximum Gasteiger partial charge on any atom is 0.513 e. The third kappa shape index (κ3) is 8.27. The maximum atomic E-state index is 12.3. The summed E-state index contributed by atoms with van der Waals surface area (Å²) in [5, 5.41) is 9.85. The number of aliphatic carboxylic acids is 1. The number of carbonyl (C=O) groups is 4. The van der Waals surface area contributed by atoms with E-state index in [9.17, 15) is 24.3 Å². The molecule has 0 spiro atoms. The summed E-state index contributed by atoms with van der Waals surface area (Å²) in [5.74, 6) is -2.28. The van der Waals surface area contributed by atoms with Gasteiger partial charge in [0.1, 0.15) is 11.6 Å². The van der Waals surface area contributed by atoms with Crippen molar-refractivity contribution in [1.29, 1.82) is 0 Å². The van der Waals surface area contributed by atoms with Crippen molar-refractivity contribution in [1.82, 2.24) is 0 Å². The Morgan fingerprint density at radius 2 is 1.50 bits per heavy atom. The van der Waals surface area contributed by atoms with Gasteiger partial charge in [-0.05, 0) is 50.6 Å². The van der Waals surface area contributed by atoms with Crippen molar-refractivity contribution in [2.45, 2.75) is 45.3 Å². The van der Waals surface area contributed by atoms with Crippen LogP contribution in [0.2, 0.25) is 0 Å². The van der Waals surface area contributed by atoms with Crippen LogP contribution < -0.4 is 15.2 Å². The Kier molecular flexibility index (Phi) is 10.2. The predicted molar refractivity (Wildman–Crippen MR) is 126 cm³/mol. The van der Waals surface area contributed by atoms with Crippen LogP contribution >= 0.6 is 0 Å². The molecule has 11 nitrogen and oxygen atoms in total. The summed E-state index contributed by atoms with van der Waals surface area (Å²) in [7, 11) is 0. The average molecular weight is 504 g/mol. The van der Waals surface area contributed by atoms with Crippen molar-refractivity contribution in [2.75, 3.05) is 13.2 Å². The highest BCUT2D eigenvalue weighted by atomic mass is 16.7. The normalized spacial score (nSPS) is 13.0. The van der Waals surface area contributed by atoms with E-state index in [4.69, 9.17) is 29.4 Å². The Hall–Kier alpha value is -4.12. The van der Waals surface area contributed by atoms with Gasteiger partial charge in [-0.2, -0.15) is 0 Å². The first kappa shape index (κ1) is 28.1. The molecule has 194 valence electrons. The van der Waals surface area contributed by atoms with Gasteiger partial charge >= 0.3 is 24.2 Å². The highest BCUT2D eigenvalue weighted by Gasteiger charge is 2.37. The van der Waals surface area contributed by atoms with Gasteiger partial charge in [-0.1, -0.05) is 24.3 Å². The molecule has 36 heavy (non-hydrogen) atoms. The Morgan fingerprint density at radius 1 is 0.917 bits per heavy atom. The van der Waals surface area contributed by atoms with E-state index in [1.807, 2.05) is 0 Å². The number of carboxylic acid groups (broad SMARTS) is 1. The van der Waals surface area contributed by atoms with Crippen LogP contribution in [0.4, 0.5) is 9.59 Å². The first-order valence-electron chi connectivity index (χ1n) is 11.2. The third-order valence-electron chi connectivity index (χ3n) is 4.83. The zero-order chi connectivity index (χ0) is 26.7. The smallest absolute Gasteiger partial charge is 0.480 e. The summed E-state index contributed by atoms with van der Waals surface area (Å²) in [6.07, 6.45) is -3.35. The fourth-order valence-corrected chi connectivity index (χ4v) is 3.28. The number of nitrogens with two attached hydrogens (primary N) is 1. The molecule has 11 heteroatoms. The predicted octanol–water partition coefficient (Wildman–Crippen LogP) is 3.72. The zero-order valence-corrected chi connectivity index (χ0v) is 20.2. The second kappa shape index (κ2) is 13.1. The molecule has 0 aromatic heterocycles. The minimum absolute atomic E-state index is 0.0388. The van der Waals surface area contributed by atoms with Crippen molar-refractivity contribution in [3.63, 3.8) is 0 Å². The minimum atomic E-state index is -1.85. The molecule has 2 rings (SSSR count). The lowest BCUT2D eigenvalue weighted by molar-refractivity contribution is -0.144. The molecule has 2 atom stereocenters. The van der Waals surface area contributed by atoms with Gasteiger partial charge in [-0.15, -0.1) is 0 Å². The molecule has 0 fully saturated rings. The second-order valence-corrected chi connectivity index (χ2v) is 7.78. The summed E-state index contributed by atoms with van der Waals surface area (Å²) < 4.78 is 25.0. The van der Waals surface area contributed by atoms with E-state index in [0.29, 0.717) is 11.1 Å². The number of carboxylic acids is 1. The van der Waals surface area contributed by atoms with E-state index in [0.717, 1.165) is 0 Å². The molecule has 0 saturated carbocycles. The highest BCUT2D eigenvalue weighted by molar-refractivity contribution is 5.89. The van der Waals surface area contributed by atoms with Crippen LogP contribution in [0.25, 0.3) is 0 Å².